The fraction of sp³-hybridized carbons (Fsp3) is 0.0345. The molecule has 61 heavy (non-hydrogen) atoms. The van der Waals surface area contributed by atoms with E-state index in [1.807, 2.05) is 11.3 Å². The summed E-state index contributed by atoms with van der Waals surface area (Å²) in [5.41, 5.74) is 12.3. The number of allylic oxidation sites excluding steroid dienone is 1. The molecule has 0 N–H and O–H groups in total. The first-order valence-corrected chi connectivity index (χ1v) is 22.0. The fourth-order valence-corrected chi connectivity index (χ4v) is 11.4. The zero-order valence-corrected chi connectivity index (χ0v) is 34.2. The quantitative estimate of drug-likeness (QED) is 0.158. The third kappa shape index (κ3) is 5.27. The van der Waals surface area contributed by atoms with Crippen LogP contribution in [0, 0.1) is 0 Å². The van der Waals surface area contributed by atoms with Crippen LogP contribution in [-0.4, -0.2) is 4.57 Å². The summed E-state index contributed by atoms with van der Waals surface area (Å²) in [4.78, 5) is 2.47. The zero-order valence-electron chi connectivity index (χ0n) is 33.3. The van der Waals surface area contributed by atoms with Gasteiger partial charge in [0.2, 0.25) is 0 Å². The van der Waals surface area contributed by atoms with Crippen molar-refractivity contribution in [3.05, 3.63) is 211 Å². The van der Waals surface area contributed by atoms with Crippen molar-refractivity contribution < 1.29 is 0 Å². The first-order chi connectivity index (χ1) is 30.3. The second kappa shape index (κ2) is 13.5. The van der Waals surface area contributed by atoms with Crippen molar-refractivity contribution in [1.29, 1.82) is 0 Å². The van der Waals surface area contributed by atoms with Crippen LogP contribution in [0.1, 0.15) is 17.5 Å². The summed E-state index contributed by atoms with van der Waals surface area (Å²) in [5.74, 6) is 0. The van der Waals surface area contributed by atoms with E-state index in [0.717, 1.165) is 24.2 Å². The largest absolute Gasteiger partial charge is 0.310 e. The minimum absolute atomic E-state index is 1.05. The highest BCUT2D eigenvalue weighted by molar-refractivity contribution is 7.26. The first-order valence-electron chi connectivity index (χ1n) is 21.2. The normalized spacial score (nSPS) is 12.7. The maximum absolute atomic E-state index is 2.47. The number of thiophene rings is 1. The van der Waals surface area contributed by atoms with Crippen molar-refractivity contribution >= 4 is 109 Å². The average molecular weight is 795 g/mol. The van der Waals surface area contributed by atoms with Gasteiger partial charge in [-0.25, -0.2) is 0 Å². The Morgan fingerprint density at radius 3 is 1.85 bits per heavy atom. The highest BCUT2D eigenvalue weighted by Crippen LogP contribution is 2.45. The molecule has 13 rings (SSSR count). The van der Waals surface area contributed by atoms with Gasteiger partial charge < -0.3 is 9.47 Å². The summed E-state index contributed by atoms with van der Waals surface area (Å²) in [5, 5.41) is 12.9. The number of aryl methyl sites for hydroxylation is 1. The number of fused-ring (bicyclic) bond motifs is 13. The molecule has 0 unspecified atom stereocenters. The molecule has 0 aliphatic heterocycles. The molecule has 3 heteroatoms. The van der Waals surface area contributed by atoms with Crippen molar-refractivity contribution in [2.75, 3.05) is 4.90 Å². The number of para-hydroxylation sites is 1. The third-order valence-electron chi connectivity index (χ3n) is 13.0. The van der Waals surface area contributed by atoms with Crippen LogP contribution in [0.2, 0.25) is 0 Å². The van der Waals surface area contributed by atoms with Crippen LogP contribution in [0.3, 0.4) is 0 Å². The van der Waals surface area contributed by atoms with Gasteiger partial charge >= 0.3 is 0 Å². The van der Waals surface area contributed by atoms with Gasteiger partial charge in [-0.05, 0) is 123 Å². The van der Waals surface area contributed by atoms with Crippen LogP contribution in [0.4, 0.5) is 17.1 Å². The van der Waals surface area contributed by atoms with Gasteiger partial charge in [-0.2, -0.15) is 0 Å². The van der Waals surface area contributed by atoms with E-state index in [1.54, 1.807) is 0 Å². The molecule has 1 aliphatic carbocycles. The number of hydrogen-bond acceptors (Lipinski definition) is 2. The molecule has 2 aromatic heterocycles. The van der Waals surface area contributed by atoms with Crippen molar-refractivity contribution in [2.24, 2.45) is 0 Å². The smallest absolute Gasteiger partial charge is 0.0640 e. The maximum atomic E-state index is 2.47. The van der Waals surface area contributed by atoms with Gasteiger partial charge in [0.25, 0.3) is 0 Å². The van der Waals surface area contributed by atoms with Crippen LogP contribution in [-0.2, 0) is 6.42 Å². The number of rotatable bonds is 5. The predicted octanol–water partition coefficient (Wildman–Crippen LogP) is 16.7. The Morgan fingerprint density at radius 1 is 0.426 bits per heavy atom. The molecular weight excluding hydrogens is 757 g/mol. The van der Waals surface area contributed by atoms with Gasteiger partial charge in [0, 0.05) is 43.2 Å². The number of anilines is 3. The lowest BCUT2D eigenvalue weighted by molar-refractivity contribution is 0.984. The summed E-state index contributed by atoms with van der Waals surface area (Å²) < 4.78 is 5.11. The lowest BCUT2D eigenvalue weighted by Crippen LogP contribution is -2.13. The first kappa shape index (κ1) is 34.4. The number of aromatic nitrogens is 1. The van der Waals surface area contributed by atoms with Gasteiger partial charge in [-0.3, -0.25) is 0 Å². The Kier molecular flexibility index (Phi) is 7.64. The standard InChI is InChI=1S/C58H38N2S/c1-2-15-42-38(13-1)14-11-24-53(42)59(41-32-33-47-45-18-4-3-16-43(45)44-17-5-6-19-46(44)51(47)36-41)40-30-27-37(28-31-40)39-29-34-55-52(35-39)48-20-7-9-23-54(48)60(55)56-25-12-22-50-49-21-8-10-26-57(49)61-58(50)56/h2-12,14-36H,1,13H2. The van der Waals surface area contributed by atoms with Crippen LogP contribution >= 0.6 is 11.3 Å². The Morgan fingerprint density at radius 2 is 1.05 bits per heavy atom. The zero-order chi connectivity index (χ0) is 40.0. The summed E-state index contributed by atoms with van der Waals surface area (Å²) in [6.07, 6.45) is 6.78. The molecule has 0 atom stereocenters. The Bertz CT molecular complexity index is 3740. The summed E-state index contributed by atoms with van der Waals surface area (Å²) in [7, 11) is 0. The number of hydrogen-bond donors (Lipinski definition) is 0. The van der Waals surface area contributed by atoms with E-state index >= 15 is 0 Å². The molecule has 0 amide bonds. The van der Waals surface area contributed by atoms with Crippen LogP contribution in [0.25, 0.3) is 97.2 Å². The van der Waals surface area contributed by atoms with Gasteiger partial charge in [0.15, 0.2) is 0 Å². The molecule has 0 bridgehead atoms. The summed E-state index contributed by atoms with van der Waals surface area (Å²) in [6, 6.07) is 72.2. The summed E-state index contributed by atoms with van der Waals surface area (Å²) >= 11 is 1.88. The highest BCUT2D eigenvalue weighted by atomic mass is 32.1. The monoisotopic (exact) mass is 794 g/mol. The van der Waals surface area contributed by atoms with E-state index in [0.29, 0.717) is 0 Å². The van der Waals surface area contributed by atoms with E-state index in [-0.39, 0.29) is 0 Å². The number of benzene rings is 10. The average Bonchev–Trinajstić information content (AvgIpc) is 3.88. The van der Waals surface area contributed by atoms with Crippen LogP contribution in [0.5, 0.6) is 0 Å². The molecule has 12 aromatic rings. The minimum Gasteiger partial charge on any atom is -0.310 e. The molecule has 0 saturated heterocycles. The predicted molar refractivity (Wildman–Crippen MR) is 264 cm³/mol. The molecule has 0 saturated carbocycles. The Labute approximate surface area is 357 Å². The van der Waals surface area contributed by atoms with Crippen LogP contribution in [0.15, 0.2) is 200 Å². The molecule has 1 aliphatic rings. The van der Waals surface area contributed by atoms with Crippen molar-refractivity contribution in [3.8, 4) is 16.8 Å². The molecule has 0 fully saturated rings. The SMILES string of the molecule is C1=Cc2c(cccc2N(c2ccc(-c3ccc4c(c3)c3ccccc3n4-c3cccc4c3sc3ccccc34)cc2)c2ccc3c4ccccc4c4ccccc4c3c2)CC1. The summed E-state index contributed by atoms with van der Waals surface area (Å²) in [6.45, 7) is 0. The lowest BCUT2D eigenvalue weighted by Gasteiger charge is -2.29. The van der Waals surface area contributed by atoms with Gasteiger partial charge in [0.1, 0.15) is 0 Å². The molecular formula is C58H38N2S. The molecule has 0 spiro atoms. The molecule has 2 heterocycles. The maximum Gasteiger partial charge on any atom is 0.0640 e. The molecule has 10 aromatic carbocycles. The molecule has 2 nitrogen and oxygen atoms in total. The Balaban J connectivity index is 0.960. The fourth-order valence-electron chi connectivity index (χ4n) is 10.2. The van der Waals surface area contributed by atoms with E-state index in [2.05, 4.69) is 216 Å². The van der Waals surface area contributed by atoms with Gasteiger partial charge in [-0.15, -0.1) is 11.3 Å². The van der Waals surface area contributed by atoms with Crippen molar-refractivity contribution in [2.45, 2.75) is 12.8 Å². The molecule has 0 radical (unpaired) electrons. The molecule has 286 valence electrons. The third-order valence-corrected chi connectivity index (χ3v) is 14.2. The van der Waals surface area contributed by atoms with E-state index in [9.17, 15) is 0 Å². The second-order valence-corrected chi connectivity index (χ2v) is 17.4. The van der Waals surface area contributed by atoms with E-state index in [1.165, 1.54) is 108 Å². The minimum atomic E-state index is 1.05. The van der Waals surface area contributed by atoms with Crippen LogP contribution < -0.4 is 4.90 Å². The van der Waals surface area contributed by atoms with E-state index in [4.69, 9.17) is 0 Å². The van der Waals surface area contributed by atoms with Gasteiger partial charge in [-0.1, -0.05) is 146 Å². The lowest BCUT2D eigenvalue weighted by atomic mass is 9.93. The van der Waals surface area contributed by atoms with Crippen molar-refractivity contribution in [3.63, 3.8) is 0 Å². The second-order valence-electron chi connectivity index (χ2n) is 16.3. The van der Waals surface area contributed by atoms with E-state index < -0.39 is 0 Å². The Hall–Kier alpha value is -7.46. The highest BCUT2D eigenvalue weighted by Gasteiger charge is 2.21. The van der Waals surface area contributed by atoms with Gasteiger partial charge in [0.05, 0.1) is 27.1 Å². The van der Waals surface area contributed by atoms with Crippen molar-refractivity contribution in [1.82, 2.24) is 4.57 Å². The number of nitrogens with zero attached hydrogens (tertiary/aromatic N) is 2. The topological polar surface area (TPSA) is 8.17 Å².